The van der Waals surface area contributed by atoms with Crippen LogP contribution in [-0.4, -0.2) is 27.1 Å². The van der Waals surface area contributed by atoms with Crippen LogP contribution in [0.3, 0.4) is 0 Å². The van der Waals surface area contributed by atoms with Crippen LogP contribution >= 0.6 is 0 Å². The number of benzene rings is 2. The van der Waals surface area contributed by atoms with Gasteiger partial charge >= 0.3 is 5.97 Å². The molecule has 118 valence electrons. The van der Waals surface area contributed by atoms with Gasteiger partial charge < -0.3 is 15.3 Å². The molecule has 0 fully saturated rings. The van der Waals surface area contributed by atoms with E-state index in [1.165, 1.54) is 30.4 Å². The summed E-state index contributed by atoms with van der Waals surface area (Å²) in [5.41, 5.74) is 1.94. The maximum absolute atomic E-state index is 12.0. The molecule has 2 aromatic rings. The third-order valence-corrected chi connectivity index (χ3v) is 3.32. The summed E-state index contributed by atoms with van der Waals surface area (Å²) >= 11 is 0. The van der Waals surface area contributed by atoms with Crippen LogP contribution in [0.25, 0.3) is 6.08 Å². The smallest absolute Gasteiger partial charge is 0.335 e. The number of rotatable bonds is 5. The number of aryl methyl sites for hydroxylation is 1. The molecule has 0 spiro atoms. The minimum atomic E-state index is -1.07. The quantitative estimate of drug-likeness (QED) is 0.583. The molecule has 0 aromatic heterocycles. The van der Waals surface area contributed by atoms with E-state index in [1.54, 1.807) is 25.1 Å². The highest BCUT2D eigenvalue weighted by molar-refractivity contribution is 5.98. The second-order valence-corrected chi connectivity index (χ2v) is 5.19. The number of carbonyl (C=O) groups is 2. The molecule has 0 amide bonds. The highest BCUT2D eigenvalue weighted by atomic mass is 16.4. The summed E-state index contributed by atoms with van der Waals surface area (Å²) in [6.45, 7) is 1.79. The zero-order valence-electron chi connectivity index (χ0n) is 12.5. The number of ketones is 1. The molecule has 0 unspecified atom stereocenters. The lowest BCUT2D eigenvalue weighted by atomic mass is 9.99. The Balaban J connectivity index is 2.15. The van der Waals surface area contributed by atoms with Gasteiger partial charge in [0, 0.05) is 6.42 Å². The normalized spacial score (nSPS) is 10.8. The second-order valence-electron chi connectivity index (χ2n) is 5.19. The molecule has 5 nitrogen and oxygen atoms in total. The number of aromatic hydroxyl groups is 2. The van der Waals surface area contributed by atoms with Crippen molar-refractivity contribution in [2.75, 3.05) is 0 Å². The second kappa shape index (κ2) is 6.79. The number of aromatic carboxylic acids is 1. The van der Waals surface area contributed by atoms with Crippen molar-refractivity contribution >= 4 is 17.8 Å². The lowest BCUT2D eigenvalue weighted by Crippen LogP contribution is -2.07. The molecule has 0 aliphatic rings. The molecule has 0 aliphatic carbocycles. The lowest BCUT2D eigenvalue weighted by Gasteiger charge is -2.05. The average Bonchev–Trinajstić information content (AvgIpc) is 2.50. The fourth-order valence-corrected chi connectivity index (χ4v) is 2.12. The Morgan fingerprint density at radius 1 is 1.04 bits per heavy atom. The van der Waals surface area contributed by atoms with E-state index < -0.39 is 5.97 Å². The molecular weight excluding hydrogens is 296 g/mol. The van der Waals surface area contributed by atoms with E-state index in [2.05, 4.69) is 0 Å². The lowest BCUT2D eigenvalue weighted by molar-refractivity contribution is -0.113. The van der Waals surface area contributed by atoms with Gasteiger partial charge in [-0.15, -0.1) is 0 Å². The highest BCUT2D eigenvalue weighted by Crippen LogP contribution is 2.25. The Labute approximate surface area is 133 Å². The highest BCUT2D eigenvalue weighted by Gasteiger charge is 2.12. The van der Waals surface area contributed by atoms with Gasteiger partial charge in [0.15, 0.2) is 17.3 Å². The fraction of sp³-hybridized carbons (Fsp3) is 0.111. The third-order valence-electron chi connectivity index (χ3n) is 3.32. The fourth-order valence-electron chi connectivity index (χ4n) is 2.12. The van der Waals surface area contributed by atoms with Crippen LogP contribution in [0.1, 0.15) is 27.0 Å². The molecule has 0 radical (unpaired) electrons. The molecular formula is C18H16O5. The van der Waals surface area contributed by atoms with Crippen molar-refractivity contribution in [2.45, 2.75) is 13.3 Å². The van der Waals surface area contributed by atoms with Crippen molar-refractivity contribution in [3.63, 3.8) is 0 Å². The number of carbonyl (C=O) groups excluding carboxylic acids is 1. The average molecular weight is 312 g/mol. The summed E-state index contributed by atoms with van der Waals surface area (Å²) < 4.78 is 0. The Kier molecular flexibility index (Phi) is 4.81. The number of carboxylic acids is 1. The van der Waals surface area contributed by atoms with Crippen LogP contribution < -0.4 is 0 Å². The van der Waals surface area contributed by atoms with Crippen molar-refractivity contribution in [1.82, 2.24) is 0 Å². The van der Waals surface area contributed by atoms with Crippen LogP contribution in [0.4, 0.5) is 0 Å². The molecule has 2 rings (SSSR count). The minimum absolute atomic E-state index is 0.0253. The molecule has 23 heavy (non-hydrogen) atoms. The van der Waals surface area contributed by atoms with Crippen molar-refractivity contribution < 1.29 is 24.9 Å². The van der Waals surface area contributed by atoms with Crippen molar-refractivity contribution in [1.29, 1.82) is 0 Å². The Morgan fingerprint density at radius 2 is 1.78 bits per heavy atom. The largest absolute Gasteiger partial charge is 0.504 e. The van der Waals surface area contributed by atoms with Crippen LogP contribution in [0.15, 0.2) is 42.5 Å². The maximum Gasteiger partial charge on any atom is 0.335 e. The van der Waals surface area contributed by atoms with E-state index in [0.29, 0.717) is 11.1 Å². The number of carboxylic acid groups (broad SMARTS) is 1. The van der Waals surface area contributed by atoms with Gasteiger partial charge in [-0.25, -0.2) is 4.79 Å². The summed E-state index contributed by atoms with van der Waals surface area (Å²) in [7, 11) is 0. The first-order valence-corrected chi connectivity index (χ1v) is 6.92. The van der Waals surface area contributed by atoms with Gasteiger partial charge in [0.1, 0.15) is 0 Å². The summed E-state index contributed by atoms with van der Waals surface area (Å²) in [6.07, 6.45) is 2.79. The third kappa shape index (κ3) is 4.20. The monoisotopic (exact) mass is 312 g/mol. The molecule has 5 heteroatoms. The SMILES string of the molecule is Cc1ccc(CC(=O)/C=C/c2ccc(O)c(O)c2)c(C(=O)O)c1. The van der Waals surface area contributed by atoms with Gasteiger partial charge in [-0.2, -0.15) is 0 Å². The molecule has 0 heterocycles. The van der Waals surface area contributed by atoms with Crippen molar-refractivity contribution in [3.05, 3.63) is 64.7 Å². The van der Waals surface area contributed by atoms with E-state index >= 15 is 0 Å². The number of allylic oxidation sites excluding steroid dienone is 1. The van der Waals surface area contributed by atoms with Crippen LogP contribution in [0, 0.1) is 6.92 Å². The van der Waals surface area contributed by atoms with Crippen molar-refractivity contribution in [2.24, 2.45) is 0 Å². The van der Waals surface area contributed by atoms with Gasteiger partial charge in [-0.1, -0.05) is 29.8 Å². The standard InChI is InChI=1S/C18H16O5/c1-11-2-5-13(15(8-11)18(22)23)10-14(19)6-3-12-4-7-16(20)17(21)9-12/h2-9,20-21H,10H2,1H3,(H,22,23)/b6-3+. The topological polar surface area (TPSA) is 94.8 Å². The summed E-state index contributed by atoms with van der Waals surface area (Å²) in [6, 6.07) is 9.13. The first-order valence-electron chi connectivity index (χ1n) is 6.92. The van der Waals surface area contributed by atoms with Crippen molar-refractivity contribution in [3.8, 4) is 11.5 Å². The molecule has 0 aliphatic heterocycles. The van der Waals surface area contributed by atoms with Gasteiger partial charge in [-0.05, 0) is 42.3 Å². The Morgan fingerprint density at radius 3 is 2.43 bits per heavy atom. The summed E-state index contributed by atoms with van der Waals surface area (Å²) in [5, 5.41) is 27.8. The van der Waals surface area contributed by atoms with Gasteiger partial charge in [0.2, 0.25) is 0 Å². The van der Waals surface area contributed by atoms with Crippen LogP contribution in [-0.2, 0) is 11.2 Å². The summed E-state index contributed by atoms with van der Waals surface area (Å²) in [5.74, 6) is -1.83. The maximum atomic E-state index is 12.0. The predicted octanol–water partition coefficient (Wildman–Crippen LogP) is 2.93. The summed E-state index contributed by atoms with van der Waals surface area (Å²) in [4.78, 5) is 23.2. The molecule has 0 bridgehead atoms. The molecule has 0 saturated heterocycles. The van der Waals surface area contributed by atoms with E-state index in [0.717, 1.165) is 5.56 Å². The van der Waals surface area contributed by atoms with Crippen LogP contribution in [0.5, 0.6) is 11.5 Å². The minimum Gasteiger partial charge on any atom is -0.504 e. The number of hydrogen-bond acceptors (Lipinski definition) is 4. The van der Waals surface area contributed by atoms with E-state index in [1.807, 2.05) is 0 Å². The van der Waals surface area contributed by atoms with E-state index in [9.17, 15) is 24.9 Å². The predicted molar refractivity (Wildman–Crippen MR) is 85.7 cm³/mol. The Hall–Kier alpha value is -3.08. The van der Waals surface area contributed by atoms with Gasteiger partial charge in [0.05, 0.1) is 5.56 Å². The zero-order chi connectivity index (χ0) is 17.0. The first kappa shape index (κ1) is 16.3. The van der Waals surface area contributed by atoms with E-state index in [4.69, 9.17) is 0 Å². The molecule has 0 atom stereocenters. The number of phenolic OH excluding ortho intramolecular Hbond substituents is 2. The first-order chi connectivity index (χ1) is 10.9. The van der Waals surface area contributed by atoms with Gasteiger partial charge in [-0.3, -0.25) is 4.79 Å². The molecule has 0 saturated carbocycles. The van der Waals surface area contributed by atoms with Gasteiger partial charge in [0.25, 0.3) is 0 Å². The Bertz CT molecular complexity index is 790. The van der Waals surface area contributed by atoms with E-state index in [-0.39, 0.29) is 29.3 Å². The molecule has 2 aromatic carbocycles. The molecule has 3 N–H and O–H groups in total. The van der Waals surface area contributed by atoms with Crippen LogP contribution in [0.2, 0.25) is 0 Å². The number of hydrogen-bond donors (Lipinski definition) is 3. The zero-order valence-corrected chi connectivity index (χ0v) is 12.5. The number of phenols is 2.